The number of hydrogen-bond donors (Lipinski definition) is 2. The molecule has 3 N–H and O–H groups in total. The van der Waals surface area contributed by atoms with Gasteiger partial charge in [0, 0.05) is 18.7 Å². The molecule has 0 radical (unpaired) electrons. The molecule has 30 heavy (non-hydrogen) atoms. The lowest BCUT2D eigenvalue weighted by Crippen LogP contribution is -2.50. The van der Waals surface area contributed by atoms with Crippen LogP contribution in [0, 0.1) is 0 Å². The molecule has 1 aliphatic rings. The van der Waals surface area contributed by atoms with E-state index < -0.39 is 16.1 Å². The number of nitrogens with two attached hydrogens (primary N) is 1. The van der Waals surface area contributed by atoms with Gasteiger partial charge in [-0.05, 0) is 47.5 Å². The number of rotatable bonds is 4. The van der Waals surface area contributed by atoms with E-state index in [2.05, 4.69) is 5.32 Å². The molecule has 154 valence electrons. The fourth-order valence-electron chi connectivity index (χ4n) is 3.47. The summed E-state index contributed by atoms with van der Waals surface area (Å²) in [4.78, 5) is 27.5. The second-order valence-electron chi connectivity index (χ2n) is 6.96. The molecule has 0 spiro atoms. The third-order valence-corrected chi connectivity index (χ3v) is 5.92. The number of amides is 2. The summed E-state index contributed by atoms with van der Waals surface area (Å²) < 4.78 is 28.0. The Hall–Kier alpha value is -3.43. The predicted octanol–water partition coefficient (Wildman–Crippen LogP) is 2.13. The van der Waals surface area contributed by atoms with Crippen LogP contribution in [0.25, 0.3) is 0 Å². The number of anilines is 1. The monoisotopic (exact) mass is 425 g/mol. The highest BCUT2D eigenvalue weighted by molar-refractivity contribution is 7.89. The number of primary sulfonamides is 1. The largest absolute Gasteiger partial charge is 0.459 e. The standard InChI is InChI=1S/C21H19N3O5S/c22-30(27,28)17-9-7-16(8-10-17)23-20(25)18-12-14-4-1-2-5-15(14)13-24(18)21(26)19-6-3-11-29-19/h1-11,18H,12-13H2,(H,23,25)(H2,22,27,28)/t18-/m0/s1. The maximum atomic E-state index is 13.1. The van der Waals surface area contributed by atoms with Crippen molar-refractivity contribution >= 4 is 27.5 Å². The van der Waals surface area contributed by atoms with Crippen molar-refractivity contribution in [2.75, 3.05) is 5.32 Å². The summed E-state index contributed by atoms with van der Waals surface area (Å²) in [6.07, 6.45) is 1.76. The Kier molecular flexibility index (Phi) is 5.15. The first-order chi connectivity index (χ1) is 14.3. The number of sulfonamides is 1. The maximum absolute atomic E-state index is 13.1. The van der Waals surface area contributed by atoms with Gasteiger partial charge in [0.15, 0.2) is 5.76 Å². The number of carbonyl (C=O) groups is 2. The van der Waals surface area contributed by atoms with Crippen LogP contribution in [0.4, 0.5) is 5.69 Å². The zero-order chi connectivity index (χ0) is 21.3. The van der Waals surface area contributed by atoms with Gasteiger partial charge in [-0.1, -0.05) is 24.3 Å². The Bertz CT molecular complexity index is 1190. The van der Waals surface area contributed by atoms with Crippen LogP contribution in [0.2, 0.25) is 0 Å². The van der Waals surface area contributed by atoms with Crippen LogP contribution >= 0.6 is 0 Å². The van der Waals surface area contributed by atoms with Crippen LogP contribution in [0.15, 0.2) is 76.2 Å². The normalized spacial score (nSPS) is 16.0. The number of benzene rings is 2. The lowest BCUT2D eigenvalue weighted by atomic mass is 9.93. The van der Waals surface area contributed by atoms with Gasteiger partial charge in [-0.25, -0.2) is 13.6 Å². The Morgan fingerprint density at radius 1 is 1.00 bits per heavy atom. The summed E-state index contributed by atoms with van der Waals surface area (Å²) in [5, 5.41) is 7.85. The first kappa shape index (κ1) is 19.9. The molecule has 1 atom stereocenters. The van der Waals surface area contributed by atoms with E-state index in [0.717, 1.165) is 11.1 Å². The minimum Gasteiger partial charge on any atom is -0.459 e. The minimum atomic E-state index is -3.82. The Labute approximate surface area is 173 Å². The van der Waals surface area contributed by atoms with Gasteiger partial charge in [0.25, 0.3) is 5.91 Å². The molecule has 0 saturated carbocycles. The molecule has 1 aliphatic heterocycles. The molecule has 0 saturated heterocycles. The summed E-state index contributed by atoms with van der Waals surface area (Å²) in [7, 11) is -3.82. The molecule has 0 bridgehead atoms. The summed E-state index contributed by atoms with van der Waals surface area (Å²) >= 11 is 0. The van der Waals surface area contributed by atoms with Crippen molar-refractivity contribution in [1.29, 1.82) is 0 Å². The summed E-state index contributed by atoms with van der Waals surface area (Å²) in [5.41, 5.74) is 2.36. The second-order valence-corrected chi connectivity index (χ2v) is 8.52. The van der Waals surface area contributed by atoms with Gasteiger partial charge in [-0.2, -0.15) is 0 Å². The van der Waals surface area contributed by atoms with E-state index in [1.54, 1.807) is 12.1 Å². The number of nitrogens with one attached hydrogen (secondary N) is 1. The summed E-state index contributed by atoms with van der Waals surface area (Å²) in [6.45, 7) is 0.276. The average Bonchev–Trinajstić information content (AvgIpc) is 3.27. The van der Waals surface area contributed by atoms with Crippen molar-refractivity contribution < 1.29 is 22.4 Å². The molecule has 0 fully saturated rings. The van der Waals surface area contributed by atoms with Gasteiger partial charge in [0.1, 0.15) is 6.04 Å². The van der Waals surface area contributed by atoms with Crippen LogP contribution in [0.5, 0.6) is 0 Å². The summed E-state index contributed by atoms with van der Waals surface area (Å²) in [6, 6.07) is 15.6. The van der Waals surface area contributed by atoms with Crippen molar-refractivity contribution in [1.82, 2.24) is 4.90 Å². The van der Waals surface area contributed by atoms with E-state index >= 15 is 0 Å². The SMILES string of the molecule is NS(=O)(=O)c1ccc(NC(=O)[C@@H]2Cc3ccccc3CN2C(=O)c2ccco2)cc1. The number of carbonyl (C=O) groups excluding carboxylic acids is 2. The van der Waals surface area contributed by atoms with Gasteiger partial charge in [0.05, 0.1) is 11.2 Å². The van der Waals surface area contributed by atoms with Crippen molar-refractivity contribution in [3.05, 3.63) is 83.8 Å². The molecule has 9 heteroatoms. The molecule has 2 aromatic carbocycles. The lowest BCUT2D eigenvalue weighted by Gasteiger charge is -2.35. The fourth-order valence-corrected chi connectivity index (χ4v) is 3.98. The lowest BCUT2D eigenvalue weighted by molar-refractivity contribution is -0.121. The van der Waals surface area contributed by atoms with Crippen LogP contribution < -0.4 is 10.5 Å². The third kappa shape index (κ3) is 3.98. The molecular formula is C21H19N3O5S. The number of hydrogen-bond acceptors (Lipinski definition) is 5. The van der Waals surface area contributed by atoms with Crippen molar-refractivity contribution in [2.45, 2.75) is 23.9 Å². The molecule has 2 amide bonds. The Balaban J connectivity index is 1.60. The zero-order valence-electron chi connectivity index (χ0n) is 15.8. The zero-order valence-corrected chi connectivity index (χ0v) is 16.6. The number of nitrogens with zero attached hydrogens (tertiary/aromatic N) is 1. The quantitative estimate of drug-likeness (QED) is 0.663. The smallest absolute Gasteiger partial charge is 0.290 e. The maximum Gasteiger partial charge on any atom is 0.290 e. The average molecular weight is 425 g/mol. The molecular weight excluding hydrogens is 406 g/mol. The van der Waals surface area contributed by atoms with Gasteiger partial charge < -0.3 is 14.6 Å². The highest BCUT2D eigenvalue weighted by Crippen LogP contribution is 2.26. The highest BCUT2D eigenvalue weighted by Gasteiger charge is 2.36. The first-order valence-electron chi connectivity index (χ1n) is 9.18. The topological polar surface area (TPSA) is 123 Å². The molecule has 3 aromatic rings. The van der Waals surface area contributed by atoms with Gasteiger partial charge >= 0.3 is 0 Å². The van der Waals surface area contributed by atoms with Crippen molar-refractivity contribution in [2.24, 2.45) is 5.14 Å². The van der Waals surface area contributed by atoms with Gasteiger partial charge in [0.2, 0.25) is 15.9 Å². The van der Waals surface area contributed by atoms with Crippen LogP contribution in [0.1, 0.15) is 21.7 Å². The Morgan fingerprint density at radius 3 is 2.33 bits per heavy atom. The molecule has 4 rings (SSSR count). The summed E-state index contributed by atoms with van der Waals surface area (Å²) in [5.74, 6) is -0.600. The van der Waals surface area contributed by atoms with Crippen molar-refractivity contribution in [3.63, 3.8) is 0 Å². The minimum absolute atomic E-state index is 0.0540. The van der Waals surface area contributed by atoms with E-state index in [0.29, 0.717) is 12.1 Å². The number of furan rings is 1. The van der Waals surface area contributed by atoms with E-state index in [9.17, 15) is 18.0 Å². The second kappa shape index (κ2) is 7.77. The third-order valence-electron chi connectivity index (χ3n) is 4.99. The van der Waals surface area contributed by atoms with E-state index in [-0.39, 0.29) is 29.0 Å². The molecule has 0 aliphatic carbocycles. The Morgan fingerprint density at radius 2 is 1.70 bits per heavy atom. The van der Waals surface area contributed by atoms with Crippen LogP contribution in [-0.2, 0) is 27.8 Å². The van der Waals surface area contributed by atoms with Gasteiger partial charge in [-0.3, -0.25) is 9.59 Å². The van der Waals surface area contributed by atoms with E-state index in [1.807, 2.05) is 24.3 Å². The molecule has 8 nitrogen and oxygen atoms in total. The van der Waals surface area contributed by atoms with Crippen LogP contribution in [-0.4, -0.2) is 31.2 Å². The first-order valence-corrected chi connectivity index (χ1v) is 10.7. The van der Waals surface area contributed by atoms with Gasteiger partial charge in [-0.15, -0.1) is 0 Å². The highest BCUT2D eigenvalue weighted by atomic mass is 32.2. The number of fused-ring (bicyclic) bond motifs is 1. The fraction of sp³-hybridized carbons (Fsp3) is 0.143. The molecule has 1 aromatic heterocycles. The molecule has 2 heterocycles. The van der Waals surface area contributed by atoms with E-state index in [1.165, 1.54) is 35.4 Å². The van der Waals surface area contributed by atoms with E-state index in [4.69, 9.17) is 9.56 Å². The van der Waals surface area contributed by atoms with Crippen LogP contribution in [0.3, 0.4) is 0 Å². The van der Waals surface area contributed by atoms with Crippen molar-refractivity contribution in [3.8, 4) is 0 Å². The predicted molar refractivity (Wildman–Crippen MR) is 109 cm³/mol. The molecule has 0 unspecified atom stereocenters.